The zero-order valence-electron chi connectivity index (χ0n) is 11.6. The van der Waals surface area contributed by atoms with Crippen LogP contribution in [-0.2, 0) is 10.5 Å². The Bertz CT molecular complexity index is 492. The van der Waals surface area contributed by atoms with Gasteiger partial charge in [0.25, 0.3) is 11.7 Å². The highest BCUT2D eigenvalue weighted by atomic mass is 32.2. The van der Waals surface area contributed by atoms with Gasteiger partial charge in [-0.1, -0.05) is 32.0 Å². The molecule has 118 valence electrons. The number of hydrogen-bond acceptors (Lipinski definition) is 4. The van der Waals surface area contributed by atoms with Crippen molar-refractivity contribution in [2.75, 3.05) is 0 Å². The topological polar surface area (TPSA) is 79.5 Å². The molecule has 1 aromatic rings. The van der Waals surface area contributed by atoms with Crippen LogP contribution in [0.3, 0.4) is 0 Å². The van der Waals surface area contributed by atoms with E-state index in [0.717, 1.165) is 0 Å². The molecule has 0 saturated heterocycles. The molecule has 0 saturated carbocycles. The van der Waals surface area contributed by atoms with E-state index in [1.165, 1.54) is 12.1 Å². The van der Waals surface area contributed by atoms with Crippen molar-refractivity contribution in [3.05, 3.63) is 23.7 Å². The number of hydrogen-bond donors (Lipinski definition) is 2. The molecule has 0 aliphatic heterocycles. The number of rotatable bonds is 8. The molecule has 1 aromatic heterocycles. The molecule has 1 heterocycles. The molecule has 21 heavy (non-hydrogen) atoms. The number of thioether (sulfide) groups is 1. The van der Waals surface area contributed by atoms with E-state index in [1.54, 1.807) is 6.92 Å². The van der Waals surface area contributed by atoms with Crippen molar-refractivity contribution in [1.82, 2.24) is 5.32 Å². The van der Waals surface area contributed by atoms with Gasteiger partial charge in [0.15, 0.2) is 5.76 Å². The lowest BCUT2D eigenvalue weighted by atomic mass is 9.99. The Hall–Kier alpha value is -1.57. The van der Waals surface area contributed by atoms with Gasteiger partial charge < -0.3 is 14.8 Å². The fraction of sp³-hybridized carbons (Fsp3) is 0.538. The second-order valence-corrected chi connectivity index (χ2v) is 5.49. The van der Waals surface area contributed by atoms with Gasteiger partial charge in [-0.25, -0.2) is 4.79 Å². The largest absolute Gasteiger partial charge is 0.480 e. The zero-order chi connectivity index (χ0) is 16.0. The summed E-state index contributed by atoms with van der Waals surface area (Å²) in [5.74, 6) is -4.47. The molecule has 2 atom stereocenters. The van der Waals surface area contributed by atoms with E-state index in [9.17, 15) is 18.4 Å². The second kappa shape index (κ2) is 8.02. The summed E-state index contributed by atoms with van der Waals surface area (Å²) >= 11 is 0.384. The van der Waals surface area contributed by atoms with Crippen molar-refractivity contribution in [2.45, 2.75) is 37.8 Å². The average molecular weight is 321 g/mol. The second-order valence-electron chi connectivity index (χ2n) is 4.51. The van der Waals surface area contributed by atoms with Crippen molar-refractivity contribution in [1.29, 1.82) is 0 Å². The zero-order valence-corrected chi connectivity index (χ0v) is 12.5. The van der Waals surface area contributed by atoms with E-state index in [1.807, 2.05) is 6.92 Å². The molecule has 2 N–H and O–H groups in total. The Morgan fingerprint density at radius 2 is 2.10 bits per heavy atom. The van der Waals surface area contributed by atoms with Crippen LogP contribution in [0.4, 0.5) is 8.78 Å². The maximum absolute atomic E-state index is 12.1. The SMILES string of the molecule is CC[C@H](C)[C@H](NC(=O)c1ccc(CSC(F)F)o1)C(=O)O. The highest BCUT2D eigenvalue weighted by Crippen LogP contribution is 2.21. The van der Waals surface area contributed by atoms with Crippen LogP contribution in [-0.4, -0.2) is 28.8 Å². The Kier molecular flexibility index (Phi) is 6.67. The van der Waals surface area contributed by atoms with Crippen LogP contribution >= 0.6 is 11.8 Å². The van der Waals surface area contributed by atoms with Crippen molar-refractivity contribution in [2.24, 2.45) is 5.92 Å². The molecule has 0 radical (unpaired) electrons. The van der Waals surface area contributed by atoms with Crippen molar-refractivity contribution in [3.63, 3.8) is 0 Å². The number of amides is 1. The predicted octanol–water partition coefficient (Wildman–Crippen LogP) is 2.96. The number of furan rings is 1. The fourth-order valence-corrected chi connectivity index (χ4v) is 2.06. The summed E-state index contributed by atoms with van der Waals surface area (Å²) in [6.45, 7) is 3.53. The quantitative estimate of drug-likeness (QED) is 0.769. The summed E-state index contributed by atoms with van der Waals surface area (Å²) in [5.41, 5.74) is 0. The highest BCUT2D eigenvalue weighted by Gasteiger charge is 2.26. The summed E-state index contributed by atoms with van der Waals surface area (Å²) in [5, 5.41) is 11.5. The van der Waals surface area contributed by atoms with Gasteiger partial charge in [-0.3, -0.25) is 4.79 Å². The third kappa shape index (κ3) is 5.37. The predicted molar refractivity (Wildman–Crippen MR) is 74.4 cm³/mol. The molecule has 0 bridgehead atoms. The van der Waals surface area contributed by atoms with Crippen LogP contribution in [0, 0.1) is 5.92 Å². The summed E-state index contributed by atoms with van der Waals surface area (Å²) in [6, 6.07) is 1.74. The third-order valence-corrected chi connectivity index (χ3v) is 3.71. The van der Waals surface area contributed by atoms with E-state index in [-0.39, 0.29) is 23.2 Å². The molecule has 0 aromatic carbocycles. The molecule has 0 aliphatic carbocycles. The lowest BCUT2D eigenvalue weighted by Gasteiger charge is -2.19. The Morgan fingerprint density at radius 3 is 2.62 bits per heavy atom. The molecule has 0 aliphatic rings. The van der Waals surface area contributed by atoms with Gasteiger partial charge >= 0.3 is 5.97 Å². The minimum Gasteiger partial charge on any atom is -0.480 e. The fourth-order valence-electron chi connectivity index (χ4n) is 1.62. The summed E-state index contributed by atoms with van der Waals surface area (Å²) in [7, 11) is 0. The molecule has 1 amide bonds. The molecule has 8 heteroatoms. The van der Waals surface area contributed by atoms with Gasteiger partial charge in [0.2, 0.25) is 0 Å². The van der Waals surface area contributed by atoms with E-state index in [2.05, 4.69) is 5.32 Å². The number of carboxylic acids is 1. The van der Waals surface area contributed by atoms with Crippen LogP contribution in [0.15, 0.2) is 16.5 Å². The maximum Gasteiger partial charge on any atom is 0.326 e. The van der Waals surface area contributed by atoms with Crippen molar-refractivity contribution in [3.8, 4) is 0 Å². The van der Waals surface area contributed by atoms with E-state index in [4.69, 9.17) is 9.52 Å². The van der Waals surface area contributed by atoms with Gasteiger partial charge in [-0.05, 0) is 18.1 Å². The van der Waals surface area contributed by atoms with Crippen molar-refractivity contribution >= 4 is 23.6 Å². The van der Waals surface area contributed by atoms with Crippen LogP contribution < -0.4 is 5.32 Å². The number of nitrogens with one attached hydrogen (secondary N) is 1. The average Bonchev–Trinajstić information content (AvgIpc) is 2.90. The molecule has 0 fully saturated rings. The van der Waals surface area contributed by atoms with Gasteiger partial charge in [0.1, 0.15) is 11.8 Å². The minimum absolute atomic E-state index is 0.0569. The smallest absolute Gasteiger partial charge is 0.326 e. The van der Waals surface area contributed by atoms with Crippen LogP contribution in [0.2, 0.25) is 0 Å². The van der Waals surface area contributed by atoms with Crippen LogP contribution in [0.25, 0.3) is 0 Å². The van der Waals surface area contributed by atoms with E-state index < -0.39 is 23.7 Å². The monoisotopic (exact) mass is 321 g/mol. The number of carbonyl (C=O) groups excluding carboxylic acids is 1. The van der Waals surface area contributed by atoms with Crippen molar-refractivity contribution < 1.29 is 27.9 Å². The Morgan fingerprint density at radius 1 is 1.43 bits per heavy atom. The number of carboxylic acid groups (broad SMARTS) is 1. The minimum atomic E-state index is -2.52. The first-order valence-corrected chi connectivity index (χ1v) is 7.42. The number of aliphatic carboxylic acids is 1. The highest BCUT2D eigenvalue weighted by molar-refractivity contribution is 7.98. The lowest BCUT2D eigenvalue weighted by molar-refractivity contribution is -0.140. The molecular formula is C13H17F2NO4S. The van der Waals surface area contributed by atoms with Gasteiger partial charge in [-0.2, -0.15) is 8.78 Å². The Balaban J connectivity index is 2.68. The summed E-state index contributed by atoms with van der Waals surface area (Å²) < 4.78 is 29.2. The van der Waals surface area contributed by atoms with E-state index >= 15 is 0 Å². The summed E-state index contributed by atoms with van der Waals surface area (Å²) in [4.78, 5) is 23.0. The first-order chi connectivity index (χ1) is 9.85. The molecule has 5 nitrogen and oxygen atoms in total. The third-order valence-electron chi connectivity index (χ3n) is 3.00. The standard InChI is InChI=1S/C13H17F2NO4S/c1-3-7(2)10(12(18)19)16-11(17)9-5-4-8(20-9)6-21-13(14)15/h4-5,7,10,13H,3,6H2,1-2H3,(H,16,17)(H,18,19)/t7-,10-/m0/s1. The van der Waals surface area contributed by atoms with Gasteiger partial charge in [-0.15, -0.1) is 0 Å². The lowest BCUT2D eigenvalue weighted by Crippen LogP contribution is -2.44. The van der Waals surface area contributed by atoms with Gasteiger partial charge in [0.05, 0.1) is 5.75 Å². The molecular weight excluding hydrogens is 304 g/mol. The Labute approximate surface area is 125 Å². The number of carbonyl (C=O) groups is 2. The van der Waals surface area contributed by atoms with Gasteiger partial charge in [0, 0.05) is 0 Å². The number of halogens is 2. The number of alkyl halides is 2. The van der Waals surface area contributed by atoms with Crippen LogP contribution in [0.1, 0.15) is 36.6 Å². The normalized spacial score (nSPS) is 14.0. The first kappa shape index (κ1) is 17.5. The molecule has 0 unspecified atom stereocenters. The first-order valence-electron chi connectivity index (χ1n) is 6.37. The van der Waals surface area contributed by atoms with Crippen LogP contribution in [0.5, 0.6) is 0 Å². The maximum atomic E-state index is 12.1. The van der Waals surface area contributed by atoms with E-state index in [0.29, 0.717) is 18.2 Å². The molecule has 0 spiro atoms. The summed E-state index contributed by atoms with van der Waals surface area (Å²) in [6.07, 6.45) is 0.589. The molecule has 1 rings (SSSR count).